The van der Waals surface area contributed by atoms with Crippen molar-refractivity contribution < 1.29 is 10.1 Å². The molecule has 68 valence electrons. The third-order valence-electron chi connectivity index (χ3n) is 2.44. The minimum atomic E-state index is -0.206. The molecule has 1 rings (SSSR count). The smallest absolute Gasteiger partial charge is 0.118 e. The van der Waals surface area contributed by atoms with E-state index in [1.54, 1.807) is 0 Å². The summed E-state index contributed by atoms with van der Waals surface area (Å²) >= 11 is 0. The Morgan fingerprint density at radius 1 is 1.67 bits per heavy atom. The Balaban J connectivity index is 2.64. The average Bonchev–Trinajstić information content (AvgIpc) is 2.05. The zero-order valence-corrected chi connectivity index (χ0v) is 7.66. The van der Waals surface area contributed by atoms with Gasteiger partial charge in [0, 0.05) is 0 Å². The van der Waals surface area contributed by atoms with E-state index in [9.17, 15) is 0 Å². The molecule has 0 bridgehead atoms. The zero-order chi connectivity index (χ0) is 9.14. The van der Waals surface area contributed by atoms with Gasteiger partial charge in [0.25, 0.3) is 0 Å². The molecule has 2 nitrogen and oxygen atoms in total. The number of allylic oxidation sites excluding steroid dienone is 1. The van der Waals surface area contributed by atoms with Crippen molar-refractivity contribution in [3.8, 4) is 0 Å². The number of hydrogen-bond donors (Lipinski definition) is 1. The third-order valence-corrected chi connectivity index (χ3v) is 2.44. The highest BCUT2D eigenvalue weighted by Crippen LogP contribution is 2.28. The number of hydrogen-bond acceptors (Lipinski definition) is 2. The van der Waals surface area contributed by atoms with Crippen molar-refractivity contribution in [1.82, 2.24) is 0 Å². The SMILES string of the molecule is C=C1C=C[C@@H](C(C)C)C[C@@H]1OO. The van der Waals surface area contributed by atoms with Crippen LogP contribution in [0.25, 0.3) is 0 Å². The molecule has 0 fully saturated rings. The molecule has 1 N–H and O–H groups in total. The molecule has 2 heteroatoms. The van der Waals surface area contributed by atoms with Gasteiger partial charge in [-0.2, -0.15) is 0 Å². The van der Waals surface area contributed by atoms with E-state index in [1.165, 1.54) is 0 Å². The van der Waals surface area contributed by atoms with Crippen molar-refractivity contribution in [2.24, 2.45) is 11.8 Å². The Morgan fingerprint density at radius 2 is 2.33 bits per heavy atom. The molecule has 0 amide bonds. The lowest BCUT2D eigenvalue weighted by atomic mass is 9.84. The van der Waals surface area contributed by atoms with Crippen molar-refractivity contribution in [3.05, 3.63) is 24.3 Å². The molecule has 0 radical (unpaired) electrons. The molecule has 0 unspecified atom stereocenters. The first-order chi connectivity index (χ1) is 5.65. The van der Waals surface area contributed by atoms with Crippen LogP contribution in [0.1, 0.15) is 20.3 Å². The third kappa shape index (κ3) is 1.96. The van der Waals surface area contributed by atoms with E-state index in [4.69, 9.17) is 5.26 Å². The van der Waals surface area contributed by atoms with E-state index >= 15 is 0 Å². The van der Waals surface area contributed by atoms with Gasteiger partial charge in [0.1, 0.15) is 6.10 Å². The maximum Gasteiger partial charge on any atom is 0.118 e. The molecule has 0 aromatic carbocycles. The highest BCUT2D eigenvalue weighted by Gasteiger charge is 2.23. The summed E-state index contributed by atoms with van der Waals surface area (Å²) in [6, 6.07) is 0. The van der Waals surface area contributed by atoms with Crippen LogP contribution in [0.5, 0.6) is 0 Å². The molecule has 12 heavy (non-hydrogen) atoms. The van der Waals surface area contributed by atoms with Gasteiger partial charge in [-0.3, -0.25) is 5.26 Å². The molecule has 1 aliphatic rings. The Morgan fingerprint density at radius 3 is 2.83 bits per heavy atom. The summed E-state index contributed by atoms with van der Waals surface area (Å²) in [5.41, 5.74) is 0.856. The second-order valence-electron chi connectivity index (χ2n) is 3.67. The fraction of sp³-hybridized carbons (Fsp3) is 0.600. The van der Waals surface area contributed by atoms with Gasteiger partial charge in [0.2, 0.25) is 0 Å². The first kappa shape index (κ1) is 9.49. The normalized spacial score (nSPS) is 29.8. The highest BCUT2D eigenvalue weighted by atomic mass is 17.1. The van der Waals surface area contributed by atoms with Crippen molar-refractivity contribution in [2.45, 2.75) is 26.4 Å². The lowest BCUT2D eigenvalue weighted by molar-refractivity contribution is -0.271. The maximum atomic E-state index is 8.57. The van der Waals surface area contributed by atoms with E-state index < -0.39 is 0 Å². The van der Waals surface area contributed by atoms with Gasteiger partial charge in [-0.05, 0) is 23.8 Å². The molecule has 1 aliphatic carbocycles. The Kier molecular flexibility index (Phi) is 3.06. The van der Waals surface area contributed by atoms with Crippen molar-refractivity contribution in [2.75, 3.05) is 0 Å². The summed E-state index contributed by atoms with van der Waals surface area (Å²) in [5, 5.41) is 8.57. The Hall–Kier alpha value is -0.600. The first-order valence-electron chi connectivity index (χ1n) is 4.32. The van der Waals surface area contributed by atoms with Crippen molar-refractivity contribution in [1.29, 1.82) is 0 Å². The molecular weight excluding hydrogens is 152 g/mol. The van der Waals surface area contributed by atoms with Crippen LogP contribution in [0.15, 0.2) is 24.3 Å². The molecule has 2 atom stereocenters. The summed E-state index contributed by atoms with van der Waals surface area (Å²) in [7, 11) is 0. The predicted octanol–water partition coefficient (Wildman–Crippen LogP) is 2.63. The van der Waals surface area contributed by atoms with Crippen LogP contribution >= 0.6 is 0 Å². The molecule has 0 aromatic rings. The molecule has 0 aromatic heterocycles. The molecule has 0 aliphatic heterocycles. The van der Waals surface area contributed by atoms with Gasteiger partial charge in [0.15, 0.2) is 0 Å². The fourth-order valence-electron chi connectivity index (χ4n) is 1.44. The molecule has 0 saturated heterocycles. The standard InChI is InChI=1S/C10H16O2/c1-7(2)9-5-4-8(3)10(6-9)12-11/h4-5,7,9-11H,3,6H2,1-2H3/t9-,10+/m1/s1. The maximum absolute atomic E-state index is 8.57. The minimum absolute atomic E-state index is 0.206. The van der Waals surface area contributed by atoms with Gasteiger partial charge in [-0.15, -0.1) is 0 Å². The zero-order valence-electron chi connectivity index (χ0n) is 7.66. The summed E-state index contributed by atoms with van der Waals surface area (Å²) in [6.45, 7) is 8.12. The van der Waals surface area contributed by atoms with Gasteiger partial charge in [0.05, 0.1) is 0 Å². The molecule has 0 heterocycles. The Bertz CT molecular complexity index is 194. The van der Waals surface area contributed by atoms with Crippen molar-refractivity contribution >= 4 is 0 Å². The Labute approximate surface area is 73.5 Å². The first-order valence-corrected chi connectivity index (χ1v) is 4.32. The van der Waals surface area contributed by atoms with E-state index in [-0.39, 0.29) is 6.10 Å². The van der Waals surface area contributed by atoms with Crippen LogP contribution < -0.4 is 0 Å². The van der Waals surface area contributed by atoms with E-state index in [0.717, 1.165) is 12.0 Å². The van der Waals surface area contributed by atoms with Crippen LogP contribution in [0.3, 0.4) is 0 Å². The van der Waals surface area contributed by atoms with Crippen molar-refractivity contribution in [3.63, 3.8) is 0 Å². The lowest BCUT2D eigenvalue weighted by Gasteiger charge is -2.26. The highest BCUT2D eigenvalue weighted by molar-refractivity contribution is 5.24. The minimum Gasteiger partial charge on any atom is -0.251 e. The van der Waals surface area contributed by atoms with E-state index in [1.807, 2.05) is 6.08 Å². The van der Waals surface area contributed by atoms with Crippen LogP contribution in [-0.2, 0) is 4.89 Å². The van der Waals surface area contributed by atoms with E-state index in [0.29, 0.717) is 11.8 Å². The van der Waals surface area contributed by atoms with Gasteiger partial charge >= 0.3 is 0 Å². The molecule has 0 spiro atoms. The summed E-state index contributed by atoms with van der Waals surface area (Å²) in [4.78, 5) is 4.33. The van der Waals surface area contributed by atoms with Gasteiger partial charge < -0.3 is 0 Å². The van der Waals surface area contributed by atoms with E-state index in [2.05, 4.69) is 31.4 Å². The predicted molar refractivity (Wildman–Crippen MR) is 48.7 cm³/mol. The summed E-state index contributed by atoms with van der Waals surface area (Å²) < 4.78 is 0. The quantitative estimate of drug-likeness (QED) is 0.507. The molecule has 0 saturated carbocycles. The lowest BCUT2D eigenvalue weighted by Crippen LogP contribution is -2.23. The molecular formula is C10H16O2. The second kappa shape index (κ2) is 3.87. The largest absolute Gasteiger partial charge is 0.251 e. The topological polar surface area (TPSA) is 29.5 Å². The summed E-state index contributed by atoms with van der Waals surface area (Å²) in [5.74, 6) is 1.08. The van der Waals surface area contributed by atoms with Gasteiger partial charge in [-0.1, -0.05) is 32.6 Å². The van der Waals surface area contributed by atoms with Crippen LogP contribution in [0.2, 0.25) is 0 Å². The summed E-state index contributed by atoms with van der Waals surface area (Å²) in [6.07, 6.45) is 4.71. The van der Waals surface area contributed by atoms with Crippen LogP contribution in [0.4, 0.5) is 0 Å². The number of rotatable bonds is 2. The fourth-order valence-corrected chi connectivity index (χ4v) is 1.44. The second-order valence-corrected chi connectivity index (χ2v) is 3.67. The van der Waals surface area contributed by atoms with Gasteiger partial charge in [-0.25, -0.2) is 4.89 Å². The average molecular weight is 168 g/mol. The monoisotopic (exact) mass is 168 g/mol. The van der Waals surface area contributed by atoms with Crippen LogP contribution in [-0.4, -0.2) is 11.4 Å². The van der Waals surface area contributed by atoms with Crippen LogP contribution in [0, 0.1) is 11.8 Å².